The average Bonchev–Trinajstić information content (AvgIpc) is 2.46. The fourth-order valence-electron chi connectivity index (χ4n) is 2.12. The lowest BCUT2D eigenvalue weighted by Crippen LogP contribution is -2.50. The van der Waals surface area contributed by atoms with E-state index in [4.69, 9.17) is 0 Å². The molecule has 2 amide bonds. The van der Waals surface area contributed by atoms with Gasteiger partial charge in [0, 0.05) is 32.7 Å². The normalized spacial score (nSPS) is 15.3. The van der Waals surface area contributed by atoms with E-state index in [1.165, 1.54) is 12.1 Å². The van der Waals surface area contributed by atoms with Gasteiger partial charge >= 0.3 is 6.03 Å². The van der Waals surface area contributed by atoms with Crippen molar-refractivity contribution in [3.8, 4) is 0 Å². The van der Waals surface area contributed by atoms with Crippen LogP contribution in [0.5, 0.6) is 0 Å². The molecule has 0 aliphatic carbocycles. The van der Waals surface area contributed by atoms with Crippen molar-refractivity contribution in [3.05, 3.63) is 35.6 Å². The minimum Gasteiger partial charge on any atom is -0.338 e. The number of urea groups is 1. The van der Waals surface area contributed by atoms with Gasteiger partial charge in [-0.25, -0.2) is 9.18 Å². The van der Waals surface area contributed by atoms with Crippen LogP contribution in [0.4, 0.5) is 9.18 Å². The number of benzene rings is 1. The molecule has 0 bridgehead atoms. The minimum atomic E-state index is -0.212. The highest BCUT2D eigenvalue weighted by Crippen LogP contribution is 2.05. The Morgan fingerprint density at radius 3 is 2.63 bits per heavy atom. The van der Waals surface area contributed by atoms with Crippen molar-refractivity contribution in [2.24, 2.45) is 0 Å². The van der Waals surface area contributed by atoms with Gasteiger partial charge in [-0.05, 0) is 30.5 Å². The van der Waals surface area contributed by atoms with Crippen molar-refractivity contribution in [1.82, 2.24) is 15.5 Å². The third-order valence-corrected chi connectivity index (χ3v) is 3.24. The lowest BCUT2D eigenvalue weighted by atomic mass is 10.1. The quantitative estimate of drug-likeness (QED) is 0.808. The highest BCUT2D eigenvalue weighted by molar-refractivity contribution is 5.74. The second-order valence-corrected chi connectivity index (χ2v) is 4.70. The molecule has 19 heavy (non-hydrogen) atoms. The van der Waals surface area contributed by atoms with Gasteiger partial charge in [-0.3, -0.25) is 0 Å². The van der Waals surface area contributed by atoms with Gasteiger partial charge in [-0.15, -0.1) is 0 Å². The SMILES string of the molecule is O=C(NCCCc1ccc(F)cc1)N1CCNCC1. The number of halogens is 1. The molecule has 104 valence electrons. The molecule has 1 aliphatic heterocycles. The summed E-state index contributed by atoms with van der Waals surface area (Å²) >= 11 is 0. The van der Waals surface area contributed by atoms with Gasteiger partial charge in [-0.1, -0.05) is 12.1 Å². The number of amides is 2. The number of hydrogen-bond donors (Lipinski definition) is 2. The third kappa shape index (κ3) is 4.52. The molecular formula is C14H20FN3O. The summed E-state index contributed by atoms with van der Waals surface area (Å²) in [6.45, 7) is 3.92. The van der Waals surface area contributed by atoms with Crippen LogP contribution in [0.25, 0.3) is 0 Å². The Kier molecular flexibility index (Phi) is 5.15. The first-order valence-electron chi connectivity index (χ1n) is 6.73. The van der Waals surface area contributed by atoms with E-state index in [1.54, 1.807) is 12.1 Å². The maximum absolute atomic E-state index is 12.7. The second-order valence-electron chi connectivity index (χ2n) is 4.70. The molecule has 1 heterocycles. The lowest BCUT2D eigenvalue weighted by molar-refractivity contribution is 0.190. The first kappa shape index (κ1) is 13.8. The van der Waals surface area contributed by atoms with Crippen LogP contribution in [0.2, 0.25) is 0 Å². The van der Waals surface area contributed by atoms with Gasteiger partial charge in [0.25, 0.3) is 0 Å². The molecule has 1 aromatic rings. The van der Waals surface area contributed by atoms with E-state index in [2.05, 4.69) is 10.6 Å². The number of nitrogens with zero attached hydrogens (tertiary/aromatic N) is 1. The molecular weight excluding hydrogens is 245 g/mol. The molecule has 1 aliphatic rings. The van der Waals surface area contributed by atoms with Crippen LogP contribution in [0.3, 0.4) is 0 Å². The topological polar surface area (TPSA) is 44.4 Å². The van der Waals surface area contributed by atoms with Crippen LogP contribution in [0, 0.1) is 5.82 Å². The molecule has 0 atom stereocenters. The molecule has 1 saturated heterocycles. The van der Waals surface area contributed by atoms with E-state index in [0.29, 0.717) is 6.54 Å². The number of carbonyl (C=O) groups is 1. The van der Waals surface area contributed by atoms with Crippen molar-refractivity contribution >= 4 is 6.03 Å². The Balaban J connectivity index is 1.63. The molecule has 0 spiro atoms. The molecule has 4 nitrogen and oxygen atoms in total. The Morgan fingerprint density at radius 2 is 1.95 bits per heavy atom. The molecule has 0 saturated carbocycles. The number of piperazine rings is 1. The molecule has 1 fully saturated rings. The van der Waals surface area contributed by atoms with Crippen molar-refractivity contribution in [2.45, 2.75) is 12.8 Å². The monoisotopic (exact) mass is 265 g/mol. The van der Waals surface area contributed by atoms with Crippen LogP contribution in [-0.2, 0) is 6.42 Å². The van der Waals surface area contributed by atoms with Crippen LogP contribution in [-0.4, -0.2) is 43.7 Å². The van der Waals surface area contributed by atoms with E-state index in [1.807, 2.05) is 4.90 Å². The summed E-state index contributed by atoms with van der Waals surface area (Å²) < 4.78 is 12.7. The fraction of sp³-hybridized carbons (Fsp3) is 0.500. The first-order chi connectivity index (χ1) is 9.25. The molecule has 0 radical (unpaired) electrons. The molecule has 0 unspecified atom stereocenters. The summed E-state index contributed by atoms with van der Waals surface area (Å²) in [6.07, 6.45) is 1.71. The number of rotatable bonds is 4. The number of nitrogens with one attached hydrogen (secondary N) is 2. The van der Waals surface area contributed by atoms with Crippen LogP contribution >= 0.6 is 0 Å². The average molecular weight is 265 g/mol. The van der Waals surface area contributed by atoms with Crippen LogP contribution in [0.1, 0.15) is 12.0 Å². The standard InChI is InChI=1S/C14H20FN3O/c15-13-5-3-12(4-6-13)2-1-7-17-14(19)18-10-8-16-9-11-18/h3-6,16H,1-2,7-11H2,(H,17,19). The maximum atomic E-state index is 12.7. The van der Waals surface area contributed by atoms with E-state index in [9.17, 15) is 9.18 Å². The van der Waals surface area contributed by atoms with Gasteiger partial charge in [0.1, 0.15) is 5.82 Å². The Hall–Kier alpha value is -1.62. The second kappa shape index (κ2) is 7.09. The van der Waals surface area contributed by atoms with Gasteiger partial charge in [0.05, 0.1) is 0 Å². The molecule has 2 N–H and O–H groups in total. The number of carbonyl (C=O) groups excluding carboxylic acids is 1. The Morgan fingerprint density at radius 1 is 1.26 bits per heavy atom. The highest BCUT2D eigenvalue weighted by atomic mass is 19.1. The van der Waals surface area contributed by atoms with Gasteiger partial charge in [-0.2, -0.15) is 0 Å². The summed E-state index contributed by atoms with van der Waals surface area (Å²) in [4.78, 5) is 13.6. The van der Waals surface area contributed by atoms with E-state index >= 15 is 0 Å². The van der Waals surface area contributed by atoms with Gasteiger partial charge in [0.15, 0.2) is 0 Å². The largest absolute Gasteiger partial charge is 0.338 e. The molecule has 1 aromatic carbocycles. The zero-order valence-electron chi connectivity index (χ0n) is 11.0. The van der Waals surface area contributed by atoms with E-state index in [-0.39, 0.29) is 11.8 Å². The van der Waals surface area contributed by atoms with E-state index < -0.39 is 0 Å². The van der Waals surface area contributed by atoms with Crippen molar-refractivity contribution in [2.75, 3.05) is 32.7 Å². The predicted octanol–water partition coefficient (Wildman–Crippen LogP) is 1.37. The minimum absolute atomic E-state index is 0.0145. The third-order valence-electron chi connectivity index (χ3n) is 3.24. The lowest BCUT2D eigenvalue weighted by Gasteiger charge is -2.27. The summed E-state index contributed by atoms with van der Waals surface area (Å²) in [5.41, 5.74) is 1.10. The number of hydrogen-bond acceptors (Lipinski definition) is 2. The zero-order chi connectivity index (χ0) is 13.5. The van der Waals surface area contributed by atoms with Crippen molar-refractivity contribution < 1.29 is 9.18 Å². The maximum Gasteiger partial charge on any atom is 0.317 e. The van der Waals surface area contributed by atoms with Gasteiger partial charge < -0.3 is 15.5 Å². The predicted molar refractivity (Wildman–Crippen MR) is 72.6 cm³/mol. The summed E-state index contributed by atoms with van der Waals surface area (Å²) in [5.74, 6) is -0.212. The summed E-state index contributed by atoms with van der Waals surface area (Å²) in [5, 5.41) is 6.13. The first-order valence-corrected chi connectivity index (χ1v) is 6.73. The highest BCUT2D eigenvalue weighted by Gasteiger charge is 2.14. The molecule has 5 heteroatoms. The Labute approximate surface area is 113 Å². The van der Waals surface area contributed by atoms with Crippen LogP contribution in [0.15, 0.2) is 24.3 Å². The summed E-state index contributed by atoms with van der Waals surface area (Å²) in [6, 6.07) is 6.52. The van der Waals surface area contributed by atoms with E-state index in [0.717, 1.165) is 44.6 Å². The Bertz CT molecular complexity index is 402. The molecule has 2 rings (SSSR count). The fourth-order valence-corrected chi connectivity index (χ4v) is 2.12. The smallest absolute Gasteiger partial charge is 0.317 e. The zero-order valence-corrected chi connectivity index (χ0v) is 11.0. The van der Waals surface area contributed by atoms with Crippen LogP contribution < -0.4 is 10.6 Å². The van der Waals surface area contributed by atoms with Crippen molar-refractivity contribution in [1.29, 1.82) is 0 Å². The molecule has 0 aromatic heterocycles. The van der Waals surface area contributed by atoms with Crippen molar-refractivity contribution in [3.63, 3.8) is 0 Å². The van der Waals surface area contributed by atoms with Gasteiger partial charge in [0.2, 0.25) is 0 Å². The number of aryl methyl sites for hydroxylation is 1. The summed E-state index contributed by atoms with van der Waals surface area (Å²) in [7, 11) is 0.